The van der Waals surface area contributed by atoms with E-state index >= 15 is 0 Å². The number of carbonyl (C=O) groups is 2. The summed E-state index contributed by atoms with van der Waals surface area (Å²) < 4.78 is 25.7. The second-order valence-electron chi connectivity index (χ2n) is 8.16. The van der Waals surface area contributed by atoms with Gasteiger partial charge in [-0.05, 0) is 68.1 Å². The molecule has 1 atom stereocenters. The molecule has 7 heteroatoms. The van der Waals surface area contributed by atoms with Gasteiger partial charge in [-0.2, -0.15) is 0 Å². The van der Waals surface area contributed by atoms with Crippen molar-refractivity contribution in [2.24, 2.45) is 0 Å². The van der Waals surface area contributed by atoms with Crippen LogP contribution in [0.4, 0.5) is 5.69 Å². The van der Waals surface area contributed by atoms with Gasteiger partial charge < -0.3 is 10.4 Å². The van der Waals surface area contributed by atoms with Crippen LogP contribution >= 0.6 is 0 Å². The standard InChI is InChI=1S/C26H27NO5S/c1-18-3-7-20(8-4-18)22(15-16-33(31,32)24-13-5-19(2)6-14-24)17-25(28)27-23-11-9-21(10-12-23)26(29)30/h3-14,22H,15-17H2,1-2H3,(H,27,28)(H,29,30). The van der Waals surface area contributed by atoms with Crippen LogP contribution in [0.2, 0.25) is 0 Å². The zero-order valence-electron chi connectivity index (χ0n) is 18.6. The number of carboxylic acid groups (broad SMARTS) is 1. The summed E-state index contributed by atoms with van der Waals surface area (Å²) in [5, 5.41) is 11.8. The molecule has 172 valence electrons. The summed E-state index contributed by atoms with van der Waals surface area (Å²) in [5.74, 6) is -1.67. The number of carboxylic acids is 1. The zero-order valence-corrected chi connectivity index (χ0v) is 19.4. The van der Waals surface area contributed by atoms with Crippen LogP contribution in [-0.4, -0.2) is 31.2 Å². The maximum Gasteiger partial charge on any atom is 0.335 e. The summed E-state index contributed by atoms with van der Waals surface area (Å²) in [5.41, 5.74) is 3.58. The maximum atomic E-state index is 12.8. The summed E-state index contributed by atoms with van der Waals surface area (Å²) in [4.78, 5) is 24.0. The topological polar surface area (TPSA) is 101 Å². The Morgan fingerprint density at radius 2 is 1.39 bits per heavy atom. The average Bonchev–Trinajstić information content (AvgIpc) is 2.78. The Hall–Kier alpha value is -3.45. The van der Waals surface area contributed by atoms with Gasteiger partial charge in [-0.3, -0.25) is 4.79 Å². The number of nitrogens with one attached hydrogen (secondary N) is 1. The number of aromatic carboxylic acids is 1. The Kier molecular flexibility index (Phi) is 7.66. The normalized spacial score (nSPS) is 12.2. The smallest absolute Gasteiger partial charge is 0.335 e. The lowest BCUT2D eigenvalue weighted by Gasteiger charge is -2.18. The molecular weight excluding hydrogens is 438 g/mol. The van der Waals surface area contributed by atoms with Crippen LogP contribution in [0.25, 0.3) is 0 Å². The number of anilines is 1. The van der Waals surface area contributed by atoms with Crippen molar-refractivity contribution in [1.29, 1.82) is 0 Å². The molecule has 2 N–H and O–H groups in total. The molecule has 3 aromatic rings. The monoisotopic (exact) mass is 465 g/mol. The maximum absolute atomic E-state index is 12.8. The third kappa shape index (κ3) is 6.76. The van der Waals surface area contributed by atoms with Gasteiger partial charge >= 0.3 is 5.97 Å². The molecule has 0 aliphatic carbocycles. The summed E-state index contributed by atoms with van der Waals surface area (Å²) in [6.07, 6.45) is 0.401. The van der Waals surface area contributed by atoms with Crippen molar-refractivity contribution in [1.82, 2.24) is 0 Å². The van der Waals surface area contributed by atoms with Crippen molar-refractivity contribution in [2.75, 3.05) is 11.1 Å². The lowest BCUT2D eigenvalue weighted by molar-refractivity contribution is -0.116. The molecule has 0 aliphatic heterocycles. The van der Waals surface area contributed by atoms with E-state index in [1.54, 1.807) is 24.3 Å². The minimum absolute atomic E-state index is 0.0742. The minimum Gasteiger partial charge on any atom is -0.478 e. The van der Waals surface area contributed by atoms with Gasteiger partial charge in [0.15, 0.2) is 9.84 Å². The molecular formula is C26H27NO5S. The lowest BCUT2D eigenvalue weighted by atomic mass is 9.92. The molecule has 3 rings (SSSR count). The highest BCUT2D eigenvalue weighted by molar-refractivity contribution is 7.91. The summed E-state index contributed by atoms with van der Waals surface area (Å²) >= 11 is 0. The van der Waals surface area contributed by atoms with E-state index in [-0.39, 0.29) is 34.5 Å². The van der Waals surface area contributed by atoms with Gasteiger partial charge in [0.25, 0.3) is 0 Å². The van der Waals surface area contributed by atoms with E-state index in [2.05, 4.69) is 5.32 Å². The van der Waals surface area contributed by atoms with Crippen molar-refractivity contribution in [2.45, 2.75) is 37.5 Å². The number of carbonyl (C=O) groups excluding carboxylic acids is 1. The summed E-state index contributed by atoms with van der Waals surface area (Å²) in [6, 6.07) is 20.4. The predicted octanol–water partition coefficient (Wildman–Crippen LogP) is 4.98. The number of benzene rings is 3. The van der Waals surface area contributed by atoms with Gasteiger partial charge in [0, 0.05) is 12.1 Å². The van der Waals surface area contributed by atoms with Crippen molar-refractivity contribution in [3.8, 4) is 0 Å². The highest BCUT2D eigenvalue weighted by Gasteiger charge is 2.21. The van der Waals surface area contributed by atoms with Crippen molar-refractivity contribution >= 4 is 27.4 Å². The Morgan fingerprint density at radius 1 is 0.848 bits per heavy atom. The fourth-order valence-corrected chi connectivity index (χ4v) is 4.90. The molecule has 0 fully saturated rings. The predicted molar refractivity (Wildman–Crippen MR) is 128 cm³/mol. The quantitative estimate of drug-likeness (QED) is 0.464. The van der Waals surface area contributed by atoms with Crippen LogP contribution in [0.5, 0.6) is 0 Å². The van der Waals surface area contributed by atoms with Crippen LogP contribution < -0.4 is 5.32 Å². The van der Waals surface area contributed by atoms with Crippen molar-refractivity contribution < 1.29 is 23.1 Å². The fraction of sp³-hybridized carbons (Fsp3) is 0.231. The zero-order chi connectivity index (χ0) is 24.0. The molecule has 33 heavy (non-hydrogen) atoms. The lowest BCUT2D eigenvalue weighted by Crippen LogP contribution is -2.18. The van der Waals surface area contributed by atoms with Crippen LogP contribution in [0, 0.1) is 13.8 Å². The Labute approximate surface area is 194 Å². The molecule has 0 radical (unpaired) electrons. The molecule has 0 aromatic heterocycles. The van der Waals surface area contributed by atoms with Crippen LogP contribution in [0.15, 0.2) is 77.7 Å². The van der Waals surface area contributed by atoms with Gasteiger partial charge in [0.2, 0.25) is 5.91 Å². The first-order valence-corrected chi connectivity index (χ1v) is 12.3. The number of amides is 1. The molecule has 6 nitrogen and oxygen atoms in total. The SMILES string of the molecule is Cc1ccc(C(CCS(=O)(=O)c2ccc(C)cc2)CC(=O)Nc2ccc(C(=O)O)cc2)cc1. The van der Waals surface area contributed by atoms with E-state index in [0.29, 0.717) is 12.1 Å². The summed E-state index contributed by atoms with van der Waals surface area (Å²) in [7, 11) is -3.48. The van der Waals surface area contributed by atoms with Crippen molar-refractivity contribution in [3.05, 3.63) is 95.1 Å². The van der Waals surface area contributed by atoms with E-state index in [9.17, 15) is 18.0 Å². The van der Waals surface area contributed by atoms with Gasteiger partial charge in [-0.25, -0.2) is 13.2 Å². The summed E-state index contributed by atoms with van der Waals surface area (Å²) in [6.45, 7) is 3.87. The number of sulfone groups is 1. The van der Waals surface area contributed by atoms with Crippen LogP contribution in [0.3, 0.4) is 0 Å². The number of hydrogen-bond acceptors (Lipinski definition) is 4. The van der Waals surface area contributed by atoms with E-state index < -0.39 is 15.8 Å². The molecule has 0 saturated heterocycles. The van der Waals surface area contributed by atoms with E-state index in [1.807, 2.05) is 38.1 Å². The highest BCUT2D eigenvalue weighted by atomic mass is 32.2. The van der Waals surface area contributed by atoms with Crippen LogP contribution in [0.1, 0.15) is 45.8 Å². The first kappa shape index (κ1) is 24.2. The molecule has 1 amide bonds. The first-order chi connectivity index (χ1) is 15.6. The molecule has 0 heterocycles. The molecule has 1 unspecified atom stereocenters. The second-order valence-corrected chi connectivity index (χ2v) is 10.3. The van der Waals surface area contributed by atoms with Gasteiger partial charge in [-0.1, -0.05) is 47.5 Å². The third-order valence-electron chi connectivity index (χ3n) is 5.51. The fourth-order valence-electron chi connectivity index (χ4n) is 3.52. The number of hydrogen-bond donors (Lipinski definition) is 2. The van der Waals surface area contributed by atoms with Gasteiger partial charge in [0.1, 0.15) is 0 Å². The Bertz CT molecular complexity index is 1220. The Morgan fingerprint density at radius 3 is 1.94 bits per heavy atom. The van der Waals surface area contributed by atoms with Gasteiger partial charge in [0.05, 0.1) is 16.2 Å². The Balaban J connectivity index is 1.73. The third-order valence-corrected chi connectivity index (χ3v) is 7.27. The van der Waals surface area contributed by atoms with Crippen LogP contribution in [-0.2, 0) is 14.6 Å². The van der Waals surface area contributed by atoms with Gasteiger partial charge in [-0.15, -0.1) is 0 Å². The molecule has 0 spiro atoms. The molecule has 0 saturated carbocycles. The second kappa shape index (κ2) is 10.4. The highest BCUT2D eigenvalue weighted by Crippen LogP contribution is 2.27. The van der Waals surface area contributed by atoms with E-state index in [4.69, 9.17) is 5.11 Å². The number of aryl methyl sites for hydroxylation is 2. The molecule has 0 aliphatic rings. The minimum atomic E-state index is -3.48. The van der Waals surface area contributed by atoms with E-state index in [1.165, 1.54) is 24.3 Å². The number of rotatable bonds is 9. The van der Waals surface area contributed by atoms with Crippen molar-refractivity contribution in [3.63, 3.8) is 0 Å². The largest absolute Gasteiger partial charge is 0.478 e. The average molecular weight is 466 g/mol. The first-order valence-electron chi connectivity index (χ1n) is 10.6. The molecule has 3 aromatic carbocycles. The molecule has 0 bridgehead atoms. The van der Waals surface area contributed by atoms with E-state index in [0.717, 1.165) is 16.7 Å².